The van der Waals surface area contributed by atoms with Crippen molar-refractivity contribution in [2.75, 3.05) is 32.8 Å². The molecule has 0 aromatic heterocycles. The Morgan fingerprint density at radius 2 is 2.00 bits per heavy atom. The molecule has 1 aliphatic heterocycles. The van der Waals surface area contributed by atoms with Crippen LogP contribution in [0.25, 0.3) is 0 Å². The minimum atomic E-state index is 0.521. The van der Waals surface area contributed by atoms with Gasteiger partial charge in [-0.25, -0.2) is 0 Å². The van der Waals surface area contributed by atoms with Crippen molar-refractivity contribution in [3.05, 3.63) is 0 Å². The van der Waals surface area contributed by atoms with E-state index in [4.69, 9.17) is 4.74 Å². The van der Waals surface area contributed by atoms with Gasteiger partial charge in [-0.3, -0.25) is 4.90 Å². The van der Waals surface area contributed by atoms with Crippen LogP contribution in [0.15, 0.2) is 0 Å². The molecular weight excluding hydrogens is 260 g/mol. The minimum Gasteiger partial charge on any atom is -0.375 e. The Morgan fingerprint density at radius 1 is 1.19 bits per heavy atom. The Balaban J connectivity index is 1.65. The van der Waals surface area contributed by atoms with E-state index in [0.717, 1.165) is 31.7 Å². The molecule has 1 heterocycles. The van der Waals surface area contributed by atoms with Gasteiger partial charge < -0.3 is 10.1 Å². The average Bonchev–Trinajstić information content (AvgIpc) is 2.98. The van der Waals surface area contributed by atoms with E-state index in [1.807, 2.05) is 0 Å². The van der Waals surface area contributed by atoms with Gasteiger partial charge in [0.25, 0.3) is 0 Å². The maximum Gasteiger partial charge on any atom is 0.0730 e. The molecule has 1 saturated heterocycles. The van der Waals surface area contributed by atoms with Crippen LogP contribution in [0.2, 0.25) is 0 Å². The standard InChI is InChI=1S/C18H34N2O/c1-3-19-13-18(9-7-15(2)8-10-18)14-20-11-12-21-17-6-4-5-16(17)20/h15-17,19H,3-14H2,1-2H3. The summed E-state index contributed by atoms with van der Waals surface area (Å²) in [5.74, 6) is 0.934. The first-order valence-corrected chi connectivity index (χ1v) is 9.29. The molecule has 3 nitrogen and oxygen atoms in total. The van der Waals surface area contributed by atoms with Crippen molar-refractivity contribution < 1.29 is 4.74 Å². The summed E-state index contributed by atoms with van der Waals surface area (Å²) < 4.78 is 6.00. The lowest BCUT2D eigenvalue weighted by molar-refractivity contribution is -0.0733. The van der Waals surface area contributed by atoms with Gasteiger partial charge in [-0.05, 0) is 50.0 Å². The quantitative estimate of drug-likeness (QED) is 0.843. The zero-order valence-electron chi connectivity index (χ0n) is 14.1. The Hall–Kier alpha value is -0.120. The van der Waals surface area contributed by atoms with E-state index in [9.17, 15) is 0 Å². The summed E-state index contributed by atoms with van der Waals surface area (Å²) in [6.45, 7) is 10.4. The van der Waals surface area contributed by atoms with Crippen molar-refractivity contribution in [1.29, 1.82) is 0 Å². The third-order valence-electron chi connectivity index (χ3n) is 6.22. The topological polar surface area (TPSA) is 24.5 Å². The molecule has 0 bridgehead atoms. The van der Waals surface area contributed by atoms with Gasteiger partial charge in [-0.2, -0.15) is 0 Å². The van der Waals surface area contributed by atoms with Crippen LogP contribution in [0, 0.1) is 11.3 Å². The van der Waals surface area contributed by atoms with Crippen LogP contribution in [0.5, 0.6) is 0 Å². The number of rotatable bonds is 5. The van der Waals surface area contributed by atoms with E-state index in [2.05, 4.69) is 24.1 Å². The second-order valence-electron chi connectivity index (χ2n) is 7.84. The normalized spacial score (nSPS) is 41.1. The fraction of sp³-hybridized carbons (Fsp3) is 1.00. The third kappa shape index (κ3) is 3.62. The fourth-order valence-electron chi connectivity index (χ4n) is 4.79. The molecule has 0 aromatic carbocycles. The molecule has 3 rings (SSSR count). The van der Waals surface area contributed by atoms with Crippen molar-refractivity contribution >= 4 is 0 Å². The van der Waals surface area contributed by atoms with Gasteiger partial charge in [-0.15, -0.1) is 0 Å². The highest BCUT2D eigenvalue weighted by Gasteiger charge is 2.41. The summed E-state index contributed by atoms with van der Waals surface area (Å²) in [6, 6.07) is 0.719. The number of nitrogens with zero attached hydrogens (tertiary/aromatic N) is 1. The summed E-state index contributed by atoms with van der Waals surface area (Å²) in [5.41, 5.74) is 0.521. The number of fused-ring (bicyclic) bond motifs is 1. The maximum atomic E-state index is 6.00. The first-order chi connectivity index (χ1) is 10.2. The van der Waals surface area contributed by atoms with Crippen LogP contribution in [-0.2, 0) is 4.74 Å². The molecule has 21 heavy (non-hydrogen) atoms. The molecule has 2 saturated carbocycles. The largest absolute Gasteiger partial charge is 0.375 e. The van der Waals surface area contributed by atoms with Gasteiger partial charge in [0.2, 0.25) is 0 Å². The number of nitrogens with one attached hydrogen (secondary N) is 1. The van der Waals surface area contributed by atoms with Crippen LogP contribution in [0.4, 0.5) is 0 Å². The molecule has 1 N–H and O–H groups in total. The average molecular weight is 294 g/mol. The van der Waals surface area contributed by atoms with Crippen molar-refractivity contribution in [3.63, 3.8) is 0 Å². The molecule has 0 amide bonds. The lowest BCUT2D eigenvalue weighted by Gasteiger charge is -2.47. The smallest absolute Gasteiger partial charge is 0.0730 e. The first kappa shape index (κ1) is 15.8. The monoisotopic (exact) mass is 294 g/mol. The highest BCUT2D eigenvalue weighted by atomic mass is 16.5. The van der Waals surface area contributed by atoms with Crippen LogP contribution in [0.1, 0.15) is 58.8 Å². The molecule has 0 spiro atoms. The van der Waals surface area contributed by atoms with E-state index in [0.29, 0.717) is 11.5 Å². The first-order valence-electron chi connectivity index (χ1n) is 9.29. The van der Waals surface area contributed by atoms with Crippen molar-refractivity contribution in [2.45, 2.75) is 70.9 Å². The number of hydrogen-bond acceptors (Lipinski definition) is 3. The van der Waals surface area contributed by atoms with Gasteiger partial charge in [0.05, 0.1) is 12.7 Å². The molecule has 3 heteroatoms. The zero-order valence-corrected chi connectivity index (χ0v) is 14.1. The molecule has 3 aliphatic rings. The molecule has 2 atom stereocenters. The summed E-state index contributed by atoms with van der Waals surface area (Å²) >= 11 is 0. The Morgan fingerprint density at radius 3 is 2.76 bits per heavy atom. The van der Waals surface area contributed by atoms with Gasteiger partial charge in [0.1, 0.15) is 0 Å². The molecule has 2 aliphatic carbocycles. The van der Waals surface area contributed by atoms with Crippen LogP contribution in [-0.4, -0.2) is 49.8 Å². The Bertz CT molecular complexity index is 320. The molecular formula is C18H34N2O. The molecule has 2 unspecified atom stereocenters. The highest BCUT2D eigenvalue weighted by molar-refractivity contribution is 4.95. The van der Waals surface area contributed by atoms with Gasteiger partial charge in [0.15, 0.2) is 0 Å². The lowest BCUT2D eigenvalue weighted by atomic mass is 9.70. The van der Waals surface area contributed by atoms with Gasteiger partial charge in [-0.1, -0.05) is 26.7 Å². The molecule has 0 aromatic rings. The predicted octanol–water partition coefficient (Wildman–Crippen LogP) is 3.05. The zero-order chi connectivity index (χ0) is 14.7. The van der Waals surface area contributed by atoms with E-state index < -0.39 is 0 Å². The van der Waals surface area contributed by atoms with Crippen molar-refractivity contribution in [1.82, 2.24) is 10.2 Å². The second-order valence-corrected chi connectivity index (χ2v) is 7.84. The minimum absolute atomic E-state index is 0.521. The second kappa shape index (κ2) is 6.97. The third-order valence-corrected chi connectivity index (χ3v) is 6.22. The van der Waals surface area contributed by atoms with Gasteiger partial charge in [0, 0.05) is 25.7 Å². The molecule has 122 valence electrons. The lowest BCUT2D eigenvalue weighted by Crippen LogP contribution is -2.54. The molecule has 3 fully saturated rings. The van der Waals surface area contributed by atoms with Crippen molar-refractivity contribution in [2.24, 2.45) is 11.3 Å². The number of ether oxygens (including phenoxy) is 1. The maximum absolute atomic E-state index is 6.00. The van der Waals surface area contributed by atoms with E-state index in [-0.39, 0.29) is 0 Å². The highest BCUT2D eigenvalue weighted by Crippen LogP contribution is 2.41. The van der Waals surface area contributed by atoms with E-state index in [1.54, 1.807) is 0 Å². The van der Waals surface area contributed by atoms with Crippen molar-refractivity contribution in [3.8, 4) is 0 Å². The number of hydrogen-bond donors (Lipinski definition) is 1. The summed E-state index contributed by atoms with van der Waals surface area (Å²) in [5, 5.41) is 3.66. The van der Waals surface area contributed by atoms with Crippen LogP contribution < -0.4 is 5.32 Å². The van der Waals surface area contributed by atoms with Crippen LogP contribution in [0.3, 0.4) is 0 Å². The van der Waals surface area contributed by atoms with Crippen LogP contribution >= 0.6 is 0 Å². The van der Waals surface area contributed by atoms with Gasteiger partial charge >= 0.3 is 0 Å². The molecule has 0 radical (unpaired) electrons. The van der Waals surface area contributed by atoms with E-state index in [1.165, 1.54) is 58.0 Å². The SMILES string of the molecule is CCNCC1(CN2CCOC3CCCC32)CCC(C)CC1. The van der Waals surface area contributed by atoms with E-state index >= 15 is 0 Å². The Kier molecular flexibility index (Phi) is 5.23. The summed E-state index contributed by atoms with van der Waals surface area (Å²) in [6.07, 6.45) is 10.2. The summed E-state index contributed by atoms with van der Waals surface area (Å²) in [4.78, 5) is 2.80. The Labute approximate surface area is 130 Å². The summed E-state index contributed by atoms with van der Waals surface area (Å²) in [7, 11) is 0. The number of morpholine rings is 1. The predicted molar refractivity (Wildman–Crippen MR) is 87.6 cm³/mol. The fourth-order valence-corrected chi connectivity index (χ4v) is 4.79.